The first kappa shape index (κ1) is 19.3. The van der Waals surface area contributed by atoms with Crippen molar-refractivity contribution in [2.45, 2.75) is 53.9 Å². The van der Waals surface area contributed by atoms with Gasteiger partial charge in [-0.3, -0.25) is 4.79 Å². The summed E-state index contributed by atoms with van der Waals surface area (Å²) in [6.45, 7) is 9.65. The van der Waals surface area contributed by atoms with Crippen LogP contribution in [-0.2, 0) is 4.79 Å². The number of rotatable bonds is 5. The number of hydrogen-bond donors (Lipinski definition) is 0. The molecule has 0 aliphatic heterocycles. The highest BCUT2D eigenvalue weighted by Crippen LogP contribution is 2.40. The Bertz CT molecular complexity index is 614. The van der Waals surface area contributed by atoms with E-state index in [-0.39, 0.29) is 11.0 Å². The van der Waals surface area contributed by atoms with Crippen LogP contribution in [0.15, 0.2) is 58.3 Å². The number of halogens is 2. The number of carbonyl (C=O) groups is 1. The zero-order valence-corrected chi connectivity index (χ0v) is 14.7. The third kappa shape index (κ3) is 5.42. The predicted octanol–water partition coefficient (Wildman–Crippen LogP) is 6.31. The molecule has 0 saturated heterocycles. The summed E-state index contributed by atoms with van der Waals surface area (Å²) in [5.74, 6) is -1.96. The quantitative estimate of drug-likeness (QED) is 0.329. The molecule has 0 aromatic heterocycles. The molecule has 0 aromatic carbocycles. The van der Waals surface area contributed by atoms with Gasteiger partial charge in [0.1, 0.15) is 6.29 Å². The van der Waals surface area contributed by atoms with Crippen LogP contribution in [0, 0.1) is 5.41 Å². The molecular formula is C20H26F2O. The molecular weight excluding hydrogens is 294 g/mol. The van der Waals surface area contributed by atoms with Gasteiger partial charge in [0.15, 0.2) is 11.7 Å². The van der Waals surface area contributed by atoms with Crippen molar-refractivity contribution < 1.29 is 13.6 Å². The van der Waals surface area contributed by atoms with Crippen LogP contribution in [0.2, 0.25) is 0 Å². The minimum absolute atomic E-state index is 0.0162. The molecule has 0 unspecified atom stereocenters. The third-order valence-electron chi connectivity index (χ3n) is 4.28. The van der Waals surface area contributed by atoms with Gasteiger partial charge in [-0.05, 0) is 74.3 Å². The van der Waals surface area contributed by atoms with Crippen LogP contribution in [0.25, 0.3) is 0 Å². The van der Waals surface area contributed by atoms with Crippen molar-refractivity contribution in [3.05, 3.63) is 58.3 Å². The van der Waals surface area contributed by atoms with Crippen molar-refractivity contribution in [2.24, 2.45) is 5.41 Å². The van der Waals surface area contributed by atoms with E-state index < -0.39 is 11.7 Å². The average molecular weight is 320 g/mol. The molecule has 0 spiro atoms. The summed E-state index contributed by atoms with van der Waals surface area (Å²) in [7, 11) is 0. The highest BCUT2D eigenvalue weighted by atomic mass is 19.2. The molecule has 1 nitrogen and oxygen atoms in total. The summed E-state index contributed by atoms with van der Waals surface area (Å²) in [5, 5.41) is 0. The van der Waals surface area contributed by atoms with Crippen molar-refractivity contribution in [1.29, 1.82) is 0 Å². The Morgan fingerprint density at radius 2 is 1.87 bits per heavy atom. The van der Waals surface area contributed by atoms with Crippen molar-refractivity contribution in [3.63, 3.8) is 0 Å². The molecule has 23 heavy (non-hydrogen) atoms. The molecule has 0 aromatic rings. The van der Waals surface area contributed by atoms with Gasteiger partial charge in [0, 0.05) is 0 Å². The fourth-order valence-corrected chi connectivity index (χ4v) is 2.90. The van der Waals surface area contributed by atoms with Gasteiger partial charge < -0.3 is 0 Å². The molecule has 1 aliphatic carbocycles. The average Bonchev–Trinajstić information content (AvgIpc) is 2.45. The summed E-state index contributed by atoms with van der Waals surface area (Å²) < 4.78 is 27.6. The number of hydrogen-bond acceptors (Lipinski definition) is 1. The number of allylic oxidation sites excluding steroid dienone is 10. The molecule has 0 atom stereocenters. The van der Waals surface area contributed by atoms with E-state index in [9.17, 15) is 13.6 Å². The normalized spacial score (nSPS) is 20.8. The molecule has 0 bridgehead atoms. The van der Waals surface area contributed by atoms with Crippen LogP contribution in [0.3, 0.4) is 0 Å². The van der Waals surface area contributed by atoms with Crippen LogP contribution >= 0.6 is 0 Å². The van der Waals surface area contributed by atoms with Gasteiger partial charge in [-0.1, -0.05) is 31.6 Å². The SMILES string of the molecule is CC1=C(/C=C/C(C)=C/C(F)=C(F)\C(C)=C\C=O)C(C)(C)CCC1. The van der Waals surface area contributed by atoms with Crippen LogP contribution in [-0.4, -0.2) is 6.29 Å². The molecule has 3 heteroatoms. The lowest BCUT2D eigenvalue weighted by Gasteiger charge is -2.32. The molecule has 0 N–H and O–H groups in total. The third-order valence-corrected chi connectivity index (χ3v) is 4.28. The maximum absolute atomic E-state index is 13.8. The molecule has 0 radical (unpaired) electrons. The van der Waals surface area contributed by atoms with E-state index in [0.29, 0.717) is 11.9 Å². The Labute approximate surface area is 138 Å². The highest BCUT2D eigenvalue weighted by molar-refractivity contribution is 5.67. The maximum Gasteiger partial charge on any atom is 0.161 e. The van der Waals surface area contributed by atoms with E-state index in [0.717, 1.165) is 25.0 Å². The zero-order chi connectivity index (χ0) is 17.6. The molecule has 126 valence electrons. The minimum Gasteiger partial charge on any atom is -0.299 e. The lowest BCUT2D eigenvalue weighted by molar-refractivity contribution is -0.104. The first-order chi connectivity index (χ1) is 10.7. The molecule has 0 heterocycles. The van der Waals surface area contributed by atoms with E-state index in [1.54, 1.807) is 6.92 Å². The topological polar surface area (TPSA) is 17.1 Å². The molecule has 0 saturated carbocycles. The van der Waals surface area contributed by atoms with Crippen LogP contribution in [0.1, 0.15) is 53.9 Å². The summed E-state index contributed by atoms with van der Waals surface area (Å²) in [5.41, 5.74) is 3.36. The molecule has 1 aliphatic rings. The first-order valence-corrected chi connectivity index (χ1v) is 7.93. The Kier molecular flexibility index (Phi) is 6.86. The van der Waals surface area contributed by atoms with E-state index in [1.807, 2.05) is 12.2 Å². The minimum atomic E-state index is -1.00. The van der Waals surface area contributed by atoms with Crippen molar-refractivity contribution in [2.75, 3.05) is 0 Å². The van der Waals surface area contributed by atoms with Crippen LogP contribution in [0.4, 0.5) is 8.78 Å². The largest absolute Gasteiger partial charge is 0.299 e. The van der Waals surface area contributed by atoms with Gasteiger partial charge in [0.05, 0.1) is 0 Å². The van der Waals surface area contributed by atoms with Crippen molar-refractivity contribution >= 4 is 6.29 Å². The van der Waals surface area contributed by atoms with Gasteiger partial charge in [0.2, 0.25) is 0 Å². The first-order valence-electron chi connectivity index (χ1n) is 7.93. The lowest BCUT2D eigenvalue weighted by atomic mass is 9.72. The van der Waals surface area contributed by atoms with Gasteiger partial charge in [-0.15, -0.1) is 0 Å². The predicted molar refractivity (Wildman–Crippen MR) is 92.3 cm³/mol. The second-order valence-electron chi connectivity index (χ2n) is 6.80. The molecule has 0 amide bonds. The van der Waals surface area contributed by atoms with E-state index in [1.165, 1.54) is 24.5 Å². The fraction of sp³-hybridized carbons (Fsp3) is 0.450. The van der Waals surface area contributed by atoms with E-state index in [2.05, 4.69) is 20.8 Å². The van der Waals surface area contributed by atoms with Gasteiger partial charge >= 0.3 is 0 Å². The van der Waals surface area contributed by atoms with Gasteiger partial charge in [-0.2, -0.15) is 0 Å². The van der Waals surface area contributed by atoms with E-state index in [4.69, 9.17) is 0 Å². The Morgan fingerprint density at radius 3 is 2.43 bits per heavy atom. The zero-order valence-electron chi connectivity index (χ0n) is 14.7. The second-order valence-corrected chi connectivity index (χ2v) is 6.80. The Balaban J connectivity index is 3.02. The lowest BCUT2D eigenvalue weighted by Crippen LogP contribution is -2.19. The standard InChI is InChI=1S/C20H26F2O/c1-14(13-18(21)19(22)16(3)10-12-23)8-9-17-15(2)7-6-11-20(17,4)5/h8-10,12-13H,6-7,11H2,1-5H3/b9-8+,14-13+,16-10+,19-18-. The smallest absolute Gasteiger partial charge is 0.161 e. The van der Waals surface area contributed by atoms with Gasteiger partial charge in [-0.25, -0.2) is 8.78 Å². The Hall–Kier alpha value is -1.77. The molecule has 1 rings (SSSR count). The monoisotopic (exact) mass is 320 g/mol. The fourth-order valence-electron chi connectivity index (χ4n) is 2.90. The van der Waals surface area contributed by atoms with Gasteiger partial charge in [0.25, 0.3) is 0 Å². The van der Waals surface area contributed by atoms with Crippen LogP contribution < -0.4 is 0 Å². The second kappa shape index (κ2) is 8.19. The summed E-state index contributed by atoms with van der Waals surface area (Å²) in [6.07, 6.45) is 9.84. The van der Waals surface area contributed by atoms with Crippen molar-refractivity contribution in [3.8, 4) is 0 Å². The number of carbonyl (C=O) groups excluding carboxylic acids is 1. The number of aldehydes is 1. The summed E-state index contributed by atoms with van der Waals surface area (Å²) in [6, 6.07) is 0. The van der Waals surface area contributed by atoms with Crippen LogP contribution in [0.5, 0.6) is 0 Å². The summed E-state index contributed by atoms with van der Waals surface area (Å²) in [4.78, 5) is 10.3. The highest BCUT2D eigenvalue weighted by Gasteiger charge is 2.26. The van der Waals surface area contributed by atoms with Crippen molar-refractivity contribution in [1.82, 2.24) is 0 Å². The van der Waals surface area contributed by atoms with E-state index >= 15 is 0 Å². The maximum atomic E-state index is 13.8. The summed E-state index contributed by atoms with van der Waals surface area (Å²) >= 11 is 0. The Morgan fingerprint density at radius 1 is 1.22 bits per heavy atom. The molecule has 0 fully saturated rings.